The maximum absolute atomic E-state index is 12.6. The molecule has 1 atom stereocenters. The molecule has 0 saturated carbocycles. The zero-order valence-corrected chi connectivity index (χ0v) is 12.8. The fourth-order valence-corrected chi connectivity index (χ4v) is 1.81. The Bertz CT molecular complexity index is 452. The third-order valence-corrected chi connectivity index (χ3v) is 2.92. The van der Waals surface area contributed by atoms with Gasteiger partial charge in [0, 0.05) is 19.0 Å². The number of rotatable bonds is 6. The quantitative estimate of drug-likeness (QED) is 0.790. The van der Waals surface area contributed by atoms with Gasteiger partial charge in [-0.25, -0.2) is 0 Å². The second kappa shape index (κ2) is 8.89. The van der Waals surface area contributed by atoms with Crippen molar-refractivity contribution >= 4 is 18.3 Å². The highest BCUT2D eigenvalue weighted by Gasteiger charge is 2.30. The van der Waals surface area contributed by atoms with Crippen molar-refractivity contribution in [1.29, 1.82) is 0 Å². The molecule has 0 aliphatic heterocycles. The highest BCUT2D eigenvalue weighted by atomic mass is 35.5. The van der Waals surface area contributed by atoms with Crippen LogP contribution in [0, 0.1) is 5.92 Å². The van der Waals surface area contributed by atoms with Crippen LogP contribution in [0.15, 0.2) is 24.3 Å². The summed E-state index contributed by atoms with van der Waals surface area (Å²) in [6.07, 6.45) is -4.07. The van der Waals surface area contributed by atoms with Gasteiger partial charge in [-0.1, -0.05) is 25.1 Å². The first kappa shape index (κ1) is 19.7. The largest absolute Gasteiger partial charge is 0.416 e. The summed E-state index contributed by atoms with van der Waals surface area (Å²) in [7, 11) is 1.78. The Hall–Kier alpha value is -1.27. The number of carbonyl (C=O) groups excluding carboxylic acids is 1. The summed E-state index contributed by atoms with van der Waals surface area (Å²) in [5.41, 5.74) is -0.172. The number of benzene rings is 1. The summed E-state index contributed by atoms with van der Waals surface area (Å²) in [5, 5.41) is 5.62. The van der Waals surface area contributed by atoms with Gasteiger partial charge in [-0.2, -0.15) is 13.2 Å². The lowest BCUT2D eigenvalue weighted by molar-refractivity contribution is -0.137. The third kappa shape index (κ3) is 6.82. The van der Waals surface area contributed by atoms with E-state index in [1.165, 1.54) is 6.07 Å². The van der Waals surface area contributed by atoms with Crippen LogP contribution in [-0.4, -0.2) is 26.0 Å². The summed E-state index contributed by atoms with van der Waals surface area (Å²) in [6.45, 7) is 2.86. The van der Waals surface area contributed by atoms with Gasteiger partial charge in [0.15, 0.2) is 0 Å². The standard InChI is InChI=1S/C14H19F3N2O.ClH/c1-10(13(20)19-7-6-18-2)8-11-4-3-5-12(9-11)14(15,16)17;/h3-5,9-10,18H,6-8H2,1-2H3,(H,19,20);1H. The summed E-state index contributed by atoms with van der Waals surface area (Å²) >= 11 is 0. The molecule has 0 radical (unpaired) electrons. The van der Waals surface area contributed by atoms with Crippen molar-refractivity contribution in [2.75, 3.05) is 20.1 Å². The highest BCUT2D eigenvalue weighted by Crippen LogP contribution is 2.29. The molecule has 0 aromatic heterocycles. The van der Waals surface area contributed by atoms with Gasteiger partial charge in [0.25, 0.3) is 0 Å². The summed E-state index contributed by atoms with van der Waals surface area (Å²) in [6, 6.07) is 5.09. The molecule has 0 aliphatic rings. The predicted octanol–water partition coefficient (Wildman–Crippen LogP) is 2.64. The second-order valence-corrected chi connectivity index (χ2v) is 4.70. The molecule has 0 saturated heterocycles. The lowest BCUT2D eigenvalue weighted by Gasteiger charge is -2.13. The third-order valence-electron chi connectivity index (χ3n) is 2.92. The van der Waals surface area contributed by atoms with Crippen molar-refractivity contribution in [2.24, 2.45) is 5.92 Å². The summed E-state index contributed by atoms with van der Waals surface area (Å²) < 4.78 is 37.7. The number of halogens is 4. The first-order valence-corrected chi connectivity index (χ1v) is 6.43. The number of nitrogens with one attached hydrogen (secondary N) is 2. The highest BCUT2D eigenvalue weighted by molar-refractivity contribution is 5.85. The zero-order valence-electron chi connectivity index (χ0n) is 12.0. The Morgan fingerprint density at radius 1 is 1.29 bits per heavy atom. The number of hydrogen-bond donors (Lipinski definition) is 2. The molecule has 1 unspecified atom stereocenters. The van der Waals surface area contributed by atoms with E-state index in [1.54, 1.807) is 20.0 Å². The number of hydrogen-bond acceptors (Lipinski definition) is 2. The van der Waals surface area contributed by atoms with E-state index in [2.05, 4.69) is 10.6 Å². The Morgan fingerprint density at radius 3 is 2.52 bits per heavy atom. The van der Waals surface area contributed by atoms with E-state index in [4.69, 9.17) is 0 Å². The summed E-state index contributed by atoms with van der Waals surface area (Å²) in [4.78, 5) is 11.7. The summed E-state index contributed by atoms with van der Waals surface area (Å²) in [5.74, 6) is -0.520. The number of likely N-dealkylation sites (N-methyl/N-ethyl adjacent to an activating group) is 1. The van der Waals surface area contributed by atoms with Crippen molar-refractivity contribution < 1.29 is 18.0 Å². The van der Waals surface area contributed by atoms with Crippen LogP contribution in [0.3, 0.4) is 0 Å². The van der Waals surface area contributed by atoms with Crippen LogP contribution in [0.1, 0.15) is 18.1 Å². The van der Waals surface area contributed by atoms with Crippen LogP contribution >= 0.6 is 12.4 Å². The zero-order chi connectivity index (χ0) is 15.2. The first-order chi connectivity index (χ1) is 9.34. The van der Waals surface area contributed by atoms with Crippen molar-refractivity contribution in [2.45, 2.75) is 19.5 Å². The SMILES string of the molecule is CNCCNC(=O)C(C)Cc1cccc(C(F)(F)F)c1.Cl. The Morgan fingerprint density at radius 2 is 1.95 bits per heavy atom. The van der Waals surface area contributed by atoms with Crippen LogP contribution in [0.5, 0.6) is 0 Å². The molecule has 1 amide bonds. The molecule has 1 aromatic rings. The van der Waals surface area contributed by atoms with Gasteiger partial charge in [0.1, 0.15) is 0 Å². The molecule has 7 heteroatoms. The van der Waals surface area contributed by atoms with E-state index < -0.39 is 11.7 Å². The molecular formula is C14H20ClF3N2O. The van der Waals surface area contributed by atoms with Crippen molar-refractivity contribution in [3.05, 3.63) is 35.4 Å². The van der Waals surface area contributed by atoms with Gasteiger partial charge in [-0.05, 0) is 25.1 Å². The molecule has 0 spiro atoms. The molecule has 120 valence electrons. The van der Waals surface area contributed by atoms with Crippen molar-refractivity contribution in [3.63, 3.8) is 0 Å². The monoisotopic (exact) mass is 324 g/mol. The van der Waals surface area contributed by atoms with Gasteiger partial charge < -0.3 is 10.6 Å². The average molecular weight is 325 g/mol. The van der Waals surface area contributed by atoms with E-state index in [0.29, 0.717) is 18.7 Å². The second-order valence-electron chi connectivity index (χ2n) is 4.70. The molecule has 21 heavy (non-hydrogen) atoms. The smallest absolute Gasteiger partial charge is 0.355 e. The Labute approximate surface area is 128 Å². The lowest BCUT2D eigenvalue weighted by Crippen LogP contribution is -2.34. The Kier molecular flexibility index (Phi) is 8.36. The Balaban J connectivity index is 0.00000400. The van der Waals surface area contributed by atoms with E-state index in [0.717, 1.165) is 12.1 Å². The van der Waals surface area contributed by atoms with Crippen LogP contribution in [-0.2, 0) is 17.4 Å². The number of alkyl halides is 3. The van der Waals surface area contributed by atoms with Gasteiger partial charge in [-0.15, -0.1) is 12.4 Å². The van der Waals surface area contributed by atoms with Crippen molar-refractivity contribution in [1.82, 2.24) is 10.6 Å². The number of carbonyl (C=O) groups is 1. The normalized spacial score (nSPS) is 12.4. The van der Waals surface area contributed by atoms with Gasteiger partial charge >= 0.3 is 6.18 Å². The molecule has 2 N–H and O–H groups in total. The molecule has 0 fully saturated rings. The van der Waals surface area contributed by atoms with Gasteiger partial charge in [0.2, 0.25) is 5.91 Å². The molecule has 0 heterocycles. The van der Waals surface area contributed by atoms with E-state index in [9.17, 15) is 18.0 Å². The van der Waals surface area contributed by atoms with Crippen LogP contribution in [0.2, 0.25) is 0 Å². The molecular weight excluding hydrogens is 305 g/mol. The van der Waals surface area contributed by atoms with Crippen LogP contribution in [0.4, 0.5) is 13.2 Å². The molecule has 0 aliphatic carbocycles. The fourth-order valence-electron chi connectivity index (χ4n) is 1.81. The molecule has 0 bridgehead atoms. The predicted molar refractivity (Wildman–Crippen MR) is 78.5 cm³/mol. The fraction of sp³-hybridized carbons (Fsp3) is 0.500. The molecule has 3 nitrogen and oxygen atoms in total. The van der Waals surface area contributed by atoms with Gasteiger partial charge in [-0.3, -0.25) is 4.79 Å². The maximum Gasteiger partial charge on any atom is 0.416 e. The van der Waals surface area contributed by atoms with Crippen molar-refractivity contribution in [3.8, 4) is 0 Å². The maximum atomic E-state index is 12.6. The van der Waals surface area contributed by atoms with E-state index in [1.807, 2.05) is 0 Å². The van der Waals surface area contributed by atoms with Crippen LogP contribution < -0.4 is 10.6 Å². The van der Waals surface area contributed by atoms with E-state index >= 15 is 0 Å². The minimum Gasteiger partial charge on any atom is -0.355 e. The van der Waals surface area contributed by atoms with E-state index in [-0.39, 0.29) is 30.7 Å². The van der Waals surface area contributed by atoms with Gasteiger partial charge in [0.05, 0.1) is 5.56 Å². The topological polar surface area (TPSA) is 41.1 Å². The molecule has 1 rings (SSSR count). The first-order valence-electron chi connectivity index (χ1n) is 6.43. The lowest BCUT2D eigenvalue weighted by atomic mass is 9.98. The average Bonchev–Trinajstić information content (AvgIpc) is 2.38. The van der Waals surface area contributed by atoms with Crippen LogP contribution in [0.25, 0.3) is 0 Å². The minimum absolute atomic E-state index is 0. The molecule has 1 aromatic carbocycles. The number of amides is 1. The minimum atomic E-state index is -4.35.